The van der Waals surface area contributed by atoms with E-state index in [1.54, 1.807) is 12.3 Å². The number of hydrogen-bond acceptors (Lipinski definition) is 4. The molecule has 96 valence electrons. The molecule has 0 fully saturated rings. The van der Waals surface area contributed by atoms with Crippen LogP contribution >= 0.6 is 15.9 Å². The van der Waals surface area contributed by atoms with Crippen LogP contribution in [0.15, 0.2) is 40.1 Å². The Morgan fingerprint density at radius 1 is 1.44 bits per heavy atom. The van der Waals surface area contributed by atoms with E-state index in [4.69, 9.17) is 5.73 Å². The number of nitrogens with two attached hydrogens (primary N) is 1. The van der Waals surface area contributed by atoms with Gasteiger partial charge in [-0.15, -0.1) is 0 Å². The summed E-state index contributed by atoms with van der Waals surface area (Å²) in [6.07, 6.45) is 3.03. The van der Waals surface area contributed by atoms with Crippen molar-refractivity contribution in [2.45, 2.75) is 11.4 Å². The van der Waals surface area contributed by atoms with Crippen LogP contribution < -0.4 is 10.5 Å². The lowest BCUT2D eigenvalue weighted by molar-refractivity contribution is 0.581. The predicted molar refractivity (Wildman–Crippen MR) is 71.2 cm³/mol. The van der Waals surface area contributed by atoms with Gasteiger partial charge in [0.2, 0.25) is 10.0 Å². The fourth-order valence-electron chi connectivity index (χ4n) is 1.37. The summed E-state index contributed by atoms with van der Waals surface area (Å²) in [5.41, 5.74) is 6.54. The number of H-pyrrole nitrogens is 1. The fourth-order valence-corrected chi connectivity index (χ4v) is 3.05. The summed E-state index contributed by atoms with van der Waals surface area (Å²) < 4.78 is 27.2. The van der Waals surface area contributed by atoms with Gasteiger partial charge in [0, 0.05) is 16.4 Å². The first-order valence-electron chi connectivity index (χ1n) is 5.01. The van der Waals surface area contributed by atoms with Crippen LogP contribution in [0.5, 0.6) is 0 Å². The maximum Gasteiger partial charge on any atom is 0.243 e. The Balaban J connectivity index is 2.22. The lowest BCUT2D eigenvalue weighted by Crippen LogP contribution is -2.24. The summed E-state index contributed by atoms with van der Waals surface area (Å²) in [6, 6.07) is 4.68. The van der Waals surface area contributed by atoms with Gasteiger partial charge in [0.05, 0.1) is 18.6 Å². The van der Waals surface area contributed by atoms with E-state index in [1.165, 1.54) is 18.5 Å². The third-order valence-electron chi connectivity index (χ3n) is 2.27. The number of nitrogens with zero attached hydrogens (tertiary/aromatic N) is 1. The van der Waals surface area contributed by atoms with Gasteiger partial charge in [0.25, 0.3) is 0 Å². The number of sulfonamides is 1. The second-order valence-corrected chi connectivity index (χ2v) is 6.23. The van der Waals surface area contributed by atoms with Crippen molar-refractivity contribution in [2.75, 3.05) is 5.73 Å². The zero-order valence-corrected chi connectivity index (χ0v) is 11.6. The summed E-state index contributed by atoms with van der Waals surface area (Å²) in [5.74, 6) is 0. The number of aromatic nitrogens is 2. The number of aromatic amines is 1. The zero-order chi connectivity index (χ0) is 13.2. The summed E-state index contributed by atoms with van der Waals surface area (Å²) in [6.45, 7) is 0.133. The van der Waals surface area contributed by atoms with Crippen molar-refractivity contribution >= 4 is 31.6 Å². The van der Waals surface area contributed by atoms with E-state index in [9.17, 15) is 8.42 Å². The molecule has 8 heteroatoms. The molecule has 18 heavy (non-hydrogen) atoms. The van der Waals surface area contributed by atoms with Crippen molar-refractivity contribution in [3.05, 3.63) is 40.9 Å². The Hall–Kier alpha value is -1.38. The molecule has 0 unspecified atom stereocenters. The fraction of sp³-hybridized carbons (Fsp3) is 0.100. The molecular weight excluding hydrogens is 320 g/mol. The molecule has 0 aliphatic rings. The summed E-state index contributed by atoms with van der Waals surface area (Å²) in [7, 11) is -3.64. The van der Waals surface area contributed by atoms with Crippen molar-refractivity contribution in [3.63, 3.8) is 0 Å². The molecule has 1 aromatic heterocycles. The number of hydrogen-bond donors (Lipinski definition) is 3. The largest absolute Gasteiger partial charge is 0.398 e. The van der Waals surface area contributed by atoms with Crippen molar-refractivity contribution in [2.24, 2.45) is 0 Å². The van der Waals surface area contributed by atoms with Crippen molar-refractivity contribution in [3.8, 4) is 0 Å². The molecule has 0 aliphatic heterocycles. The highest BCUT2D eigenvalue weighted by atomic mass is 79.9. The van der Waals surface area contributed by atoms with Gasteiger partial charge < -0.3 is 10.7 Å². The molecule has 0 radical (unpaired) electrons. The predicted octanol–water partition coefficient (Wildman–Crippen LogP) is 1.23. The van der Waals surface area contributed by atoms with Gasteiger partial charge >= 0.3 is 0 Å². The van der Waals surface area contributed by atoms with E-state index in [1.807, 2.05) is 0 Å². The van der Waals surface area contributed by atoms with Crippen LogP contribution in [-0.2, 0) is 16.6 Å². The highest BCUT2D eigenvalue weighted by molar-refractivity contribution is 9.10. The maximum absolute atomic E-state index is 12.1. The van der Waals surface area contributed by atoms with Crippen LogP contribution in [-0.4, -0.2) is 18.4 Å². The average molecular weight is 331 g/mol. The van der Waals surface area contributed by atoms with Crippen LogP contribution in [0, 0.1) is 0 Å². The van der Waals surface area contributed by atoms with Crippen LogP contribution in [0.25, 0.3) is 0 Å². The van der Waals surface area contributed by atoms with E-state index in [0.29, 0.717) is 10.2 Å². The van der Waals surface area contributed by atoms with E-state index >= 15 is 0 Å². The highest BCUT2D eigenvalue weighted by Crippen LogP contribution is 2.22. The minimum atomic E-state index is -3.64. The molecule has 0 amide bonds. The van der Waals surface area contributed by atoms with E-state index in [2.05, 4.69) is 30.6 Å². The van der Waals surface area contributed by atoms with Crippen LogP contribution in [0.3, 0.4) is 0 Å². The number of halogens is 1. The van der Waals surface area contributed by atoms with Crippen molar-refractivity contribution in [1.29, 1.82) is 0 Å². The summed E-state index contributed by atoms with van der Waals surface area (Å²) in [5, 5.41) is 0. The highest BCUT2D eigenvalue weighted by Gasteiger charge is 2.17. The molecule has 0 saturated carbocycles. The molecule has 6 nitrogen and oxygen atoms in total. The van der Waals surface area contributed by atoms with Gasteiger partial charge in [0.1, 0.15) is 4.90 Å². The smallest absolute Gasteiger partial charge is 0.243 e. The molecule has 0 spiro atoms. The minimum absolute atomic E-state index is 0.0522. The Bertz CT molecular complexity index is 640. The topological polar surface area (TPSA) is 101 Å². The Morgan fingerprint density at radius 2 is 2.22 bits per heavy atom. The number of imidazole rings is 1. The van der Waals surface area contributed by atoms with Crippen LogP contribution in [0.2, 0.25) is 0 Å². The molecule has 4 N–H and O–H groups in total. The monoisotopic (exact) mass is 330 g/mol. The lowest BCUT2D eigenvalue weighted by Gasteiger charge is -2.08. The van der Waals surface area contributed by atoms with Gasteiger partial charge in [-0.05, 0) is 18.2 Å². The number of rotatable bonds is 4. The van der Waals surface area contributed by atoms with Gasteiger partial charge in [-0.2, -0.15) is 0 Å². The summed E-state index contributed by atoms with van der Waals surface area (Å²) in [4.78, 5) is 6.67. The third-order valence-corrected chi connectivity index (χ3v) is 4.22. The van der Waals surface area contributed by atoms with Crippen LogP contribution in [0.4, 0.5) is 5.69 Å². The number of anilines is 1. The lowest BCUT2D eigenvalue weighted by atomic mass is 10.3. The standard InChI is InChI=1S/C10H11BrN4O2S/c11-7-1-2-9(12)10(3-7)18(16,17)15-5-8-4-13-6-14-8/h1-4,6,15H,5,12H2,(H,13,14). The zero-order valence-electron chi connectivity index (χ0n) is 9.22. The minimum Gasteiger partial charge on any atom is -0.398 e. The quantitative estimate of drug-likeness (QED) is 0.734. The van der Waals surface area contributed by atoms with E-state index in [0.717, 1.165) is 0 Å². The van der Waals surface area contributed by atoms with Crippen LogP contribution in [0.1, 0.15) is 5.69 Å². The molecule has 1 aromatic carbocycles. The Kier molecular flexibility index (Phi) is 3.69. The van der Waals surface area contributed by atoms with Crippen molar-refractivity contribution in [1.82, 2.24) is 14.7 Å². The maximum atomic E-state index is 12.1. The molecule has 0 atom stereocenters. The van der Waals surface area contributed by atoms with Gasteiger partial charge in [0.15, 0.2) is 0 Å². The number of nitrogens with one attached hydrogen (secondary N) is 2. The molecule has 0 saturated heterocycles. The van der Waals surface area contributed by atoms with Gasteiger partial charge in [-0.3, -0.25) is 0 Å². The first kappa shape index (κ1) is 13.1. The van der Waals surface area contributed by atoms with E-state index < -0.39 is 10.0 Å². The molecule has 2 rings (SSSR count). The molecular formula is C10H11BrN4O2S. The molecule has 1 heterocycles. The normalized spacial score (nSPS) is 11.6. The first-order valence-corrected chi connectivity index (χ1v) is 7.28. The first-order chi connectivity index (χ1) is 8.49. The molecule has 0 aliphatic carbocycles. The van der Waals surface area contributed by atoms with E-state index in [-0.39, 0.29) is 17.1 Å². The second kappa shape index (κ2) is 5.09. The third kappa shape index (κ3) is 2.89. The Morgan fingerprint density at radius 3 is 2.89 bits per heavy atom. The molecule has 2 aromatic rings. The Labute approximate surface area is 113 Å². The number of nitrogen functional groups attached to an aromatic ring is 1. The molecule has 0 bridgehead atoms. The SMILES string of the molecule is Nc1ccc(Br)cc1S(=O)(=O)NCc1cnc[nH]1. The van der Waals surface area contributed by atoms with Gasteiger partial charge in [-0.1, -0.05) is 15.9 Å². The number of benzene rings is 1. The second-order valence-electron chi connectivity index (χ2n) is 3.58. The van der Waals surface area contributed by atoms with Gasteiger partial charge in [-0.25, -0.2) is 18.1 Å². The van der Waals surface area contributed by atoms with Crippen molar-refractivity contribution < 1.29 is 8.42 Å². The average Bonchev–Trinajstić information content (AvgIpc) is 2.83. The summed E-state index contributed by atoms with van der Waals surface area (Å²) >= 11 is 3.21.